The number of benzene rings is 1. The maximum absolute atomic E-state index is 13.3. The number of nitrogens with zero attached hydrogens (tertiary/aromatic N) is 4. The molecule has 3 aromatic rings. The third-order valence-electron chi connectivity index (χ3n) is 4.74. The number of aliphatic hydroxyl groups is 1. The van der Waals surface area contributed by atoms with Gasteiger partial charge >= 0.3 is 0 Å². The van der Waals surface area contributed by atoms with Gasteiger partial charge in [-0.25, -0.2) is 4.39 Å². The van der Waals surface area contributed by atoms with E-state index in [0.717, 1.165) is 5.56 Å². The van der Waals surface area contributed by atoms with E-state index in [1.165, 1.54) is 25.3 Å². The van der Waals surface area contributed by atoms with Crippen molar-refractivity contribution in [2.75, 3.05) is 20.2 Å². The van der Waals surface area contributed by atoms with Crippen LogP contribution in [0.2, 0.25) is 0 Å². The molecule has 8 nitrogen and oxygen atoms in total. The zero-order valence-corrected chi connectivity index (χ0v) is 15.9. The normalized spacial score (nSPS) is 19.8. The Balaban J connectivity index is 1.35. The monoisotopic (exact) mass is 400 g/mol. The van der Waals surface area contributed by atoms with Gasteiger partial charge in [0.05, 0.1) is 19.2 Å². The Labute approximate surface area is 166 Å². The van der Waals surface area contributed by atoms with E-state index in [4.69, 9.17) is 13.9 Å². The molecule has 0 amide bonds. The Morgan fingerprint density at radius 1 is 1.28 bits per heavy atom. The Morgan fingerprint density at radius 2 is 2.17 bits per heavy atom. The lowest BCUT2D eigenvalue weighted by Crippen LogP contribution is -2.48. The van der Waals surface area contributed by atoms with Gasteiger partial charge in [-0.2, -0.15) is 0 Å². The fourth-order valence-electron chi connectivity index (χ4n) is 3.27. The molecule has 1 aliphatic rings. The minimum absolute atomic E-state index is 0.299. The summed E-state index contributed by atoms with van der Waals surface area (Å²) in [6.45, 7) is 1.49. The summed E-state index contributed by atoms with van der Waals surface area (Å²) in [5, 5.41) is 18.7. The molecule has 2 aromatic heterocycles. The van der Waals surface area contributed by atoms with Gasteiger partial charge in [-0.3, -0.25) is 9.88 Å². The second-order valence-corrected chi connectivity index (χ2v) is 6.79. The molecule has 1 saturated heterocycles. The summed E-state index contributed by atoms with van der Waals surface area (Å²) in [4.78, 5) is 6.06. The van der Waals surface area contributed by atoms with Gasteiger partial charge in [-0.15, -0.1) is 10.2 Å². The number of methoxy groups -OCH3 is 1. The van der Waals surface area contributed by atoms with Crippen LogP contribution >= 0.6 is 0 Å². The Morgan fingerprint density at radius 3 is 2.93 bits per heavy atom. The molecular weight excluding hydrogens is 379 g/mol. The molecule has 1 fully saturated rings. The second kappa shape index (κ2) is 8.54. The van der Waals surface area contributed by atoms with E-state index in [2.05, 4.69) is 15.2 Å². The molecule has 1 aliphatic heterocycles. The van der Waals surface area contributed by atoms with Crippen molar-refractivity contribution >= 4 is 0 Å². The maximum atomic E-state index is 13.3. The van der Waals surface area contributed by atoms with E-state index in [1.807, 2.05) is 11.0 Å². The van der Waals surface area contributed by atoms with Crippen LogP contribution in [0.4, 0.5) is 4.39 Å². The Kier molecular flexibility index (Phi) is 5.68. The highest BCUT2D eigenvalue weighted by molar-refractivity contribution is 5.49. The van der Waals surface area contributed by atoms with Gasteiger partial charge in [0.2, 0.25) is 11.8 Å². The zero-order chi connectivity index (χ0) is 20.2. The number of hydrogen-bond donors (Lipinski definition) is 1. The van der Waals surface area contributed by atoms with Crippen LogP contribution in [0, 0.1) is 5.82 Å². The average Bonchev–Trinajstić information content (AvgIpc) is 3.20. The number of pyridine rings is 1. The van der Waals surface area contributed by atoms with Crippen molar-refractivity contribution in [1.29, 1.82) is 0 Å². The summed E-state index contributed by atoms with van der Waals surface area (Å²) in [5.41, 5.74) is 0.756. The first-order valence-electron chi connectivity index (χ1n) is 9.26. The molecular formula is C20H21FN4O4. The highest BCUT2D eigenvalue weighted by atomic mass is 19.1. The molecule has 0 saturated carbocycles. The van der Waals surface area contributed by atoms with Crippen molar-refractivity contribution in [2.45, 2.75) is 25.2 Å². The zero-order valence-electron chi connectivity index (χ0n) is 15.9. The Bertz CT molecular complexity index is 953. The number of ether oxygens (including phenoxy) is 2. The summed E-state index contributed by atoms with van der Waals surface area (Å²) in [7, 11) is 1.45. The number of aromatic nitrogens is 3. The summed E-state index contributed by atoms with van der Waals surface area (Å²) in [5.74, 6) is 1.18. The van der Waals surface area contributed by atoms with Crippen LogP contribution in [0.15, 0.2) is 47.1 Å². The molecule has 0 aliphatic carbocycles. The third-order valence-corrected chi connectivity index (χ3v) is 4.74. The molecule has 1 aromatic carbocycles. The molecule has 29 heavy (non-hydrogen) atoms. The predicted molar refractivity (Wildman–Crippen MR) is 101 cm³/mol. The van der Waals surface area contributed by atoms with E-state index in [0.29, 0.717) is 49.3 Å². The number of rotatable bonds is 6. The van der Waals surface area contributed by atoms with E-state index in [9.17, 15) is 9.50 Å². The van der Waals surface area contributed by atoms with Gasteiger partial charge in [0.1, 0.15) is 18.0 Å². The maximum Gasteiger partial charge on any atom is 0.249 e. The van der Waals surface area contributed by atoms with E-state index in [1.54, 1.807) is 18.5 Å². The van der Waals surface area contributed by atoms with Crippen molar-refractivity contribution in [3.8, 4) is 23.0 Å². The molecule has 9 heteroatoms. The highest BCUT2D eigenvalue weighted by Gasteiger charge is 2.30. The second-order valence-electron chi connectivity index (χ2n) is 6.79. The van der Waals surface area contributed by atoms with Gasteiger partial charge < -0.3 is 19.0 Å². The van der Waals surface area contributed by atoms with Gasteiger partial charge in [0.15, 0.2) is 11.5 Å². The fraction of sp³-hybridized carbons (Fsp3) is 0.350. The molecule has 1 N–H and O–H groups in total. The van der Waals surface area contributed by atoms with Gasteiger partial charge in [-0.1, -0.05) is 0 Å². The first-order valence-corrected chi connectivity index (χ1v) is 9.26. The number of aliphatic hydroxyl groups excluding tert-OH is 1. The first kappa shape index (κ1) is 19.3. The standard InChI is InChI=1S/C20H21FN4O4/c1-27-18-9-14(21)4-5-17(18)28-16-6-8-25(11-15(16)26)12-19-23-24-20(29-19)13-3-2-7-22-10-13/h2-5,7,9-10,15-16,26H,6,8,11-12H2,1H3/t15-,16-/m1/s1. The lowest BCUT2D eigenvalue weighted by atomic mass is 10.0. The summed E-state index contributed by atoms with van der Waals surface area (Å²) < 4.78 is 30.1. The molecule has 2 atom stereocenters. The SMILES string of the molecule is COc1cc(F)ccc1O[C@@H]1CCN(Cc2nnc(-c3cccnc3)o2)C[C@H]1O. The van der Waals surface area contributed by atoms with Crippen LogP contribution in [0.1, 0.15) is 12.3 Å². The van der Waals surface area contributed by atoms with Crippen LogP contribution in [-0.2, 0) is 6.54 Å². The molecule has 0 spiro atoms. The molecule has 152 valence electrons. The lowest BCUT2D eigenvalue weighted by molar-refractivity contribution is -0.0300. The van der Waals surface area contributed by atoms with Crippen molar-refractivity contribution in [3.63, 3.8) is 0 Å². The van der Waals surface area contributed by atoms with Crippen molar-refractivity contribution in [2.24, 2.45) is 0 Å². The highest BCUT2D eigenvalue weighted by Crippen LogP contribution is 2.30. The van der Waals surface area contributed by atoms with Crippen molar-refractivity contribution in [3.05, 3.63) is 54.4 Å². The molecule has 4 rings (SSSR count). The number of β-amino-alcohol motifs (C(OH)–C–C–N with tert-alkyl or cyclic N) is 1. The number of halogens is 1. The largest absolute Gasteiger partial charge is 0.493 e. The lowest BCUT2D eigenvalue weighted by Gasteiger charge is -2.35. The van der Waals surface area contributed by atoms with Gasteiger partial charge in [-0.05, 0) is 30.7 Å². The van der Waals surface area contributed by atoms with Crippen LogP contribution in [0.3, 0.4) is 0 Å². The number of piperidine rings is 1. The fourth-order valence-corrected chi connectivity index (χ4v) is 3.27. The first-order chi connectivity index (χ1) is 14.1. The van der Waals surface area contributed by atoms with Gasteiger partial charge in [0, 0.05) is 31.5 Å². The van der Waals surface area contributed by atoms with E-state index < -0.39 is 18.0 Å². The quantitative estimate of drug-likeness (QED) is 0.674. The topological polar surface area (TPSA) is 93.7 Å². The molecule has 0 unspecified atom stereocenters. The van der Waals surface area contributed by atoms with Crippen LogP contribution in [0.5, 0.6) is 11.5 Å². The summed E-state index contributed by atoms with van der Waals surface area (Å²) in [6, 6.07) is 7.71. The third kappa shape index (κ3) is 4.52. The smallest absolute Gasteiger partial charge is 0.249 e. The molecule has 0 bridgehead atoms. The van der Waals surface area contributed by atoms with Crippen molar-refractivity contribution < 1.29 is 23.4 Å². The average molecular weight is 400 g/mol. The summed E-state index contributed by atoms with van der Waals surface area (Å²) in [6.07, 6.45) is 2.79. The van der Waals surface area contributed by atoms with Crippen LogP contribution < -0.4 is 9.47 Å². The number of likely N-dealkylation sites (tertiary alicyclic amines) is 1. The van der Waals surface area contributed by atoms with Gasteiger partial charge in [0.25, 0.3) is 0 Å². The van der Waals surface area contributed by atoms with Crippen molar-refractivity contribution in [1.82, 2.24) is 20.1 Å². The van der Waals surface area contributed by atoms with Crippen LogP contribution in [0.25, 0.3) is 11.5 Å². The van der Waals surface area contributed by atoms with Crippen LogP contribution in [-0.4, -0.2) is 57.6 Å². The minimum atomic E-state index is -0.723. The summed E-state index contributed by atoms with van der Waals surface area (Å²) >= 11 is 0. The van der Waals surface area contributed by atoms with E-state index >= 15 is 0 Å². The Hall–Kier alpha value is -3.04. The van der Waals surface area contributed by atoms with E-state index in [-0.39, 0.29) is 0 Å². The number of hydrogen-bond acceptors (Lipinski definition) is 8. The predicted octanol–water partition coefficient (Wildman–Crippen LogP) is 2.29. The molecule has 3 heterocycles. The molecule has 0 radical (unpaired) electrons. The minimum Gasteiger partial charge on any atom is -0.493 e.